The molecule has 1 fully saturated rings. The van der Waals surface area contributed by atoms with Crippen LogP contribution < -0.4 is 4.74 Å². The maximum Gasteiger partial charge on any atom is 0.308 e. The lowest BCUT2D eigenvalue weighted by atomic mass is 9.99. The summed E-state index contributed by atoms with van der Waals surface area (Å²) in [4.78, 5) is 24.5. The van der Waals surface area contributed by atoms with Gasteiger partial charge in [0.1, 0.15) is 0 Å². The number of benzene rings is 1. The number of carboxylic acid groups (broad SMARTS) is 1. The zero-order valence-electron chi connectivity index (χ0n) is 12.0. The first-order chi connectivity index (χ1) is 9.88. The van der Waals surface area contributed by atoms with Gasteiger partial charge >= 0.3 is 5.97 Å². The Balaban J connectivity index is 1.94. The second-order valence-electron chi connectivity index (χ2n) is 5.44. The molecule has 0 aromatic heterocycles. The SMILES string of the molecule is Cc1ccc(F)c(OCC(=O)N2C[C@@H](C)[C@H](C(=O)O)C2)c1. The van der Waals surface area contributed by atoms with Crippen molar-refractivity contribution in [2.45, 2.75) is 13.8 Å². The Kier molecular flexibility index (Phi) is 4.45. The number of aliphatic carboxylic acids is 1. The van der Waals surface area contributed by atoms with Crippen LogP contribution in [0.2, 0.25) is 0 Å². The fraction of sp³-hybridized carbons (Fsp3) is 0.467. The van der Waals surface area contributed by atoms with E-state index in [4.69, 9.17) is 9.84 Å². The Bertz CT molecular complexity index is 561. The normalized spacial score (nSPS) is 21.4. The monoisotopic (exact) mass is 295 g/mol. The summed E-state index contributed by atoms with van der Waals surface area (Å²) in [5, 5.41) is 9.04. The highest BCUT2D eigenvalue weighted by molar-refractivity contribution is 5.80. The van der Waals surface area contributed by atoms with Gasteiger partial charge < -0.3 is 14.7 Å². The minimum absolute atomic E-state index is 0.0328. The van der Waals surface area contributed by atoms with E-state index >= 15 is 0 Å². The van der Waals surface area contributed by atoms with Crippen LogP contribution in [0.5, 0.6) is 5.75 Å². The van der Waals surface area contributed by atoms with Crippen LogP contribution in [0.15, 0.2) is 18.2 Å². The number of carbonyl (C=O) groups is 2. The third kappa shape index (κ3) is 3.51. The highest BCUT2D eigenvalue weighted by atomic mass is 19.1. The number of ether oxygens (including phenoxy) is 1. The Hall–Kier alpha value is -2.11. The van der Waals surface area contributed by atoms with Crippen LogP contribution in [-0.2, 0) is 9.59 Å². The van der Waals surface area contributed by atoms with E-state index in [0.717, 1.165) is 5.56 Å². The molecule has 0 bridgehead atoms. The molecular formula is C15H18FNO4. The molecule has 0 aliphatic carbocycles. The lowest BCUT2D eigenvalue weighted by Gasteiger charge is -2.16. The second-order valence-corrected chi connectivity index (χ2v) is 5.44. The van der Waals surface area contributed by atoms with Crippen LogP contribution in [0, 0.1) is 24.6 Å². The highest BCUT2D eigenvalue weighted by Gasteiger charge is 2.36. The summed E-state index contributed by atoms with van der Waals surface area (Å²) in [6.45, 7) is 3.87. The molecule has 1 N–H and O–H groups in total. The van der Waals surface area contributed by atoms with Gasteiger partial charge in [-0.05, 0) is 30.5 Å². The van der Waals surface area contributed by atoms with Crippen molar-refractivity contribution in [2.24, 2.45) is 11.8 Å². The van der Waals surface area contributed by atoms with Gasteiger partial charge in [0.15, 0.2) is 18.2 Å². The Morgan fingerprint density at radius 1 is 1.43 bits per heavy atom. The number of carboxylic acids is 1. The van der Waals surface area contributed by atoms with Crippen molar-refractivity contribution < 1.29 is 23.8 Å². The van der Waals surface area contributed by atoms with Gasteiger partial charge in [0.25, 0.3) is 5.91 Å². The van der Waals surface area contributed by atoms with Gasteiger partial charge in [-0.1, -0.05) is 13.0 Å². The number of aryl methyl sites for hydroxylation is 1. The average Bonchev–Trinajstić information content (AvgIpc) is 2.82. The Labute approximate surface area is 122 Å². The fourth-order valence-electron chi connectivity index (χ4n) is 2.44. The Morgan fingerprint density at radius 2 is 2.14 bits per heavy atom. The first-order valence-corrected chi connectivity index (χ1v) is 6.78. The van der Waals surface area contributed by atoms with Crippen LogP contribution in [0.3, 0.4) is 0 Å². The quantitative estimate of drug-likeness (QED) is 0.918. The van der Waals surface area contributed by atoms with Crippen LogP contribution >= 0.6 is 0 Å². The van der Waals surface area contributed by atoms with E-state index in [1.54, 1.807) is 19.9 Å². The molecule has 1 heterocycles. The molecule has 2 atom stereocenters. The fourth-order valence-corrected chi connectivity index (χ4v) is 2.44. The summed E-state index contributed by atoms with van der Waals surface area (Å²) in [7, 11) is 0. The molecule has 1 aromatic rings. The maximum absolute atomic E-state index is 13.5. The molecule has 1 aliphatic rings. The molecule has 2 rings (SSSR count). The van der Waals surface area contributed by atoms with Gasteiger partial charge in [-0.3, -0.25) is 9.59 Å². The largest absolute Gasteiger partial charge is 0.481 e. The molecule has 6 heteroatoms. The van der Waals surface area contributed by atoms with E-state index in [0.29, 0.717) is 6.54 Å². The smallest absolute Gasteiger partial charge is 0.308 e. The molecule has 1 aliphatic heterocycles. The molecule has 1 amide bonds. The molecular weight excluding hydrogens is 277 g/mol. The van der Waals surface area contributed by atoms with Crippen molar-refractivity contribution >= 4 is 11.9 Å². The lowest BCUT2D eigenvalue weighted by Crippen LogP contribution is -2.34. The van der Waals surface area contributed by atoms with Crippen molar-refractivity contribution in [3.8, 4) is 5.75 Å². The van der Waals surface area contributed by atoms with E-state index in [9.17, 15) is 14.0 Å². The third-order valence-electron chi connectivity index (χ3n) is 3.72. The molecule has 0 radical (unpaired) electrons. The van der Waals surface area contributed by atoms with Crippen molar-refractivity contribution in [3.05, 3.63) is 29.6 Å². The summed E-state index contributed by atoms with van der Waals surface area (Å²) >= 11 is 0. The van der Waals surface area contributed by atoms with E-state index in [1.807, 2.05) is 0 Å². The third-order valence-corrected chi connectivity index (χ3v) is 3.72. The van der Waals surface area contributed by atoms with Gasteiger partial charge in [0.05, 0.1) is 5.92 Å². The number of hydrogen-bond donors (Lipinski definition) is 1. The number of halogens is 1. The number of likely N-dealkylation sites (tertiary alicyclic amines) is 1. The van der Waals surface area contributed by atoms with E-state index in [2.05, 4.69) is 0 Å². The molecule has 21 heavy (non-hydrogen) atoms. The van der Waals surface area contributed by atoms with E-state index < -0.39 is 17.7 Å². The van der Waals surface area contributed by atoms with Crippen molar-refractivity contribution in [1.29, 1.82) is 0 Å². The predicted octanol–water partition coefficient (Wildman–Crippen LogP) is 1.69. The molecule has 5 nitrogen and oxygen atoms in total. The number of rotatable bonds is 4. The minimum Gasteiger partial charge on any atom is -0.481 e. The van der Waals surface area contributed by atoms with Gasteiger partial charge in [0, 0.05) is 13.1 Å². The molecule has 0 saturated carbocycles. The predicted molar refractivity (Wildman–Crippen MR) is 73.5 cm³/mol. The Morgan fingerprint density at radius 3 is 2.76 bits per heavy atom. The number of carbonyl (C=O) groups excluding carboxylic acids is 1. The van der Waals surface area contributed by atoms with Crippen LogP contribution in [0.1, 0.15) is 12.5 Å². The van der Waals surface area contributed by atoms with Crippen molar-refractivity contribution in [1.82, 2.24) is 4.90 Å². The second kappa shape index (κ2) is 6.11. The first kappa shape index (κ1) is 15.3. The summed E-state index contributed by atoms with van der Waals surface area (Å²) in [5.74, 6) is -2.36. The molecule has 0 unspecified atom stereocenters. The summed E-state index contributed by atoms with van der Waals surface area (Å²) in [5.41, 5.74) is 0.833. The molecule has 114 valence electrons. The van der Waals surface area contributed by atoms with Crippen LogP contribution in [0.25, 0.3) is 0 Å². The lowest BCUT2D eigenvalue weighted by molar-refractivity contribution is -0.142. The summed E-state index contributed by atoms with van der Waals surface area (Å²) < 4.78 is 18.7. The van der Waals surface area contributed by atoms with Crippen LogP contribution in [-0.4, -0.2) is 41.6 Å². The van der Waals surface area contributed by atoms with Gasteiger partial charge in [-0.15, -0.1) is 0 Å². The number of amides is 1. The standard InChI is InChI=1S/C15H18FNO4/c1-9-3-4-12(16)13(5-9)21-8-14(18)17-6-10(2)11(7-17)15(19)20/h3-5,10-11H,6-8H2,1-2H3,(H,19,20)/t10-,11-/m1/s1. The number of nitrogens with zero attached hydrogens (tertiary/aromatic N) is 1. The maximum atomic E-state index is 13.5. The zero-order valence-corrected chi connectivity index (χ0v) is 12.0. The number of hydrogen-bond acceptors (Lipinski definition) is 3. The van der Waals surface area contributed by atoms with Gasteiger partial charge in [-0.2, -0.15) is 0 Å². The van der Waals surface area contributed by atoms with Gasteiger partial charge in [0.2, 0.25) is 0 Å². The van der Waals surface area contributed by atoms with Gasteiger partial charge in [-0.25, -0.2) is 4.39 Å². The molecule has 1 aromatic carbocycles. The highest BCUT2D eigenvalue weighted by Crippen LogP contribution is 2.24. The van der Waals surface area contributed by atoms with E-state index in [-0.39, 0.29) is 30.7 Å². The molecule has 1 saturated heterocycles. The first-order valence-electron chi connectivity index (χ1n) is 6.78. The molecule has 0 spiro atoms. The van der Waals surface area contributed by atoms with Crippen LogP contribution in [0.4, 0.5) is 4.39 Å². The summed E-state index contributed by atoms with van der Waals surface area (Å²) in [6, 6.07) is 4.42. The summed E-state index contributed by atoms with van der Waals surface area (Å²) in [6.07, 6.45) is 0. The average molecular weight is 295 g/mol. The zero-order chi connectivity index (χ0) is 15.6. The van der Waals surface area contributed by atoms with Crippen molar-refractivity contribution in [3.63, 3.8) is 0 Å². The topological polar surface area (TPSA) is 66.8 Å². The van der Waals surface area contributed by atoms with Crippen molar-refractivity contribution in [2.75, 3.05) is 19.7 Å². The minimum atomic E-state index is -0.900. The van der Waals surface area contributed by atoms with E-state index in [1.165, 1.54) is 17.0 Å².